The first-order valence-electron chi connectivity index (χ1n) is 5.47. The number of aliphatic carboxylic acids is 2. The Labute approximate surface area is 108 Å². The number of carboxylic acids is 2. The van der Waals surface area contributed by atoms with Crippen molar-refractivity contribution in [3.8, 4) is 0 Å². The van der Waals surface area contributed by atoms with Crippen molar-refractivity contribution < 1.29 is 29.1 Å². The third-order valence-electron chi connectivity index (χ3n) is 2.53. The van der Waals surface area contributed by atoms with Crippen molar-refractivity contribution in [3.63, 3.8) is 0 Å². The Morgan fingerprint density at radius 2 is 1.95 bits per heavy atom. The molecule has 0 aliphatic rings. The minimum Gasteiger partial charge on any atom is -0.481 e. The first-order chi connectivity index (χ1) is 8.81. The molecule has 8 nitrogen and oxygen atoms in total. The van der Waals surface area contributed by atoms with Crippen molar-refractivity contribution in [1.82, 2.24) is 10.5 Å². The molecular weight excluding hydrogens is 256 g/mol. The number of hydrogen-bond acceptors (Lipinski definition) is 5. The van der Waals surface area contributed by atoms with Gasteiger partial charge in [-0.1, -0.05) is 5.16 Å². The van der Waals surface area contributed by atoms with Crippen LogP contribution in [0.25, 0.3) is 0 Å². The van der Waals surface area contributed by atoms with Gasteiger partial charge in [-0.05, 0) is 13.8 Å². The zero-order chi connectivity index (χ0) is 14.6. The third-order valence-corrected chi connectivity index (χ3v) is 2.53. The van der Waals surface area contributed by atoms with Crippen LogP contribution in [-0.2, 0) is 20.8 Å². The Morgan fingerprint density at radius 1 is 1.32 bits per heavy atom. The Hall–Kier alpha value is -2.38. The quantitative estimate of drug-likeness (QED) is 0.656. The van der Waals surface area contributed by atoms with Crippen molar-refractivity contribution in [1.29, 1.82) is 0 Å². The van der Waals surface area contributed by atoms with E-state index in [1.165, 1.54) is 0 Å². The molecule has 1 heterocycles. The molecule has 1 amide bonds. The highest BCUT2D eigenvalue weighted by molar-refractivity contribution is 5.87. The van der Waals surface area contributed by atoms with Crippen LogP contribution in [0.2, 0.25) is 0 Å². The number of hydrogen-bond donors (Lipinski definition) is 3. The first kappa shape index (κ1) is 14.7. The average Bonchev–Trinajstić information content (AvgIpc) is 2.59. The molecule has 0 spiro atoms. The number of aromatic nitrogens is 1. The Balaban J connectivity index is 2.68. The highest BCUT2D eigenvalue weighted by Gasteiger charge is 2.24. The van der Waals surface area contributed by atoms with Gasteiger partial charge in [0.1, 0.15) is 11.8 Å². The molecule has 3 N–H and O–H groups in total. The lowest BCUT2D eigenvalue weighted by atomic mass is 10.1. The largest absolute Gasteiger partial charge is 0.481 e. The molecule has 0 saturated carbocycles. The molecule has 0 bridgehead atoms. The van der Waals surface area contributed by atoms with E-state index in [0.29, 0.717) is 17.0 Å². The topological polar surface area (TPSA) is 130 Å². The summed E-state index contributed by atoms with van der Waals surface area (Å²) in [4.78, 5) is 33.0. The van der Waals surface area contributed by atoms with Gasteiger partial charge in [0, 0.05) is 5.56 Å². The van der Waals surface area contributed by atoms with Crippen LogP contribution in [0.15, 0.2) is 4.52 Å². The number of carbonyl (C=O) groups is 3. The van der Waals surface area contributed by atoms with Crippen LogP contribution in [0.4, 0.5) is 0 Å². The SMILES string of the molecule is Cc1noc(C)c1CC(=O)N[C@@H](CC(=O)O)C(=O)O. The molecule has 0 aromatic carbocycles. The van der Waals surface area contributed by atoms with Crippen LogP contribution in [0.1, 0.15) is 23.4 Å². The van der Waals surface area contributed by atoms with E-state index in [4.69, 9.17) is 14.7 Å². The minimum atomic E-state index is -1.45. The van der Waals surface area contributed by atoms with Crippen LogP contribution in [-0.4, -0.2) is 39.3 Å². The summed E-state index contributed by atoms with van der Waals surface area (Å²) in [7, 11) is 0. The number of amides is 1. The van der Waals surface area contributed by atoms with Gasteiger partial charge < -0.3 is 20.1 Å². The molecule has 0 aliphatic carbocycles. The summed E-state index contributed by atoms with van der Waals surface area (Å²) >= 11 is 0. The van der Waals surface area contributed by atoms with Crippen molar-refractivity contribution in [2.45, 2.75) is 32.7 Å². The molecule has 0 fully saturated rings. The molecule has 0 radical (unpaired) electrons. The number of nitrogens with one attached hydrogen (secondary N) is 1. The van der Waals surface area contributed by atoms with Crippen LogP contribution in [0.5, 0.6) is 0 Å². The fourth-order valence-corrected chi connectivity index (χ4v) is 1.53. The molecule has 0 unspecified atom stereocenters. The van der Waals surface area contributed by atoms with Crippen molar-refractivity contribution in [2.24, 2.45) is 0 Å². The Bertz CT molecular complexity index is 488. The summed E-state index contributed by atoms with van der Waals surface area (Å²) < 4.78 is 4.87. The molecule has 1 aromatic heterocycles. The van der Waals surface area contributed by atoms with E-state index in [2.05, 4.69) is 10.5 Å². The lowest BCUT2D eigenvalue weighted by molar-refractivity contribution is -0.147. The number of nitrogens with zero attached hydrogens (tertiary/aromatic N) is 1. The van der Waals surface area contributed by atoms with Gasteiger partial charge in [-0.3, -0.25) is 9.59 Å². The first-order valence-corrected chi connectivity index (χ1v) is 5.47. The minimum absolute atomic E-state index is 0.107. The highest BCUT2D eigenvalue weighted by Crippen LogP contribution is 2.12. The fourth-order valence-electron chi connectivity index (χ4n) is 1.53. The number of carbonyl (C=O) groups excluding carboxylic acids is 1. The predicted octanol–water partition coefficient (Wildman–Crippen LogP) is -0.122. The fraction of sp³-hybridized carbons (Fsp3) is 0.455. The van der Waals surface area contributed by atoms with Gasteiger partial charge in [-0.15, -0.1) is 0 Å². The van der Waals surface area contributed by atoms with Gasteiger partial charge >= 0.3 is 11.9 Å². The second-order valence-electron chi connectivity index (χ2n) is 4.04. The number of carboxylic acid groups (broad SMARTS) is 2. The highest BCUT2D eigenvalue weighted by atomic mass is 16.5. The van der Waals surface area contributed by atoms with Crippen LogP contribution < -0.4 is 5.32 Å². The van der Waals surface area contributed by atoms with E-state index in [9.17, 15) is 14.4 Å². The van der Waals surface area contributed by atoms with Crippen LogP contribution in [0.3, 0.4) is 0 Å². The molecule has 1 rings (SSSR count). The second-order valence-corrected chi connectivity index (χ2v) is 4.04. The summed E-state index contributed by atoms with van der Waals surface area (Å²) in [6, 6.07) is -1.45. The van der Waals surface area contributed by atoms with E-state index < -0.39 is 30.3 Å². The van der Waals surface area contributed by atoms with Crippen molar-refractivity contribution >= 4 is 17.8 Å². The molecule has 19 heavy (non-hydrogen) atoms. The van der Waals surface area contributed by atoms with Crippen molar-refractivity contribution in [3.05, 3.63) is 17.0 Å². The average molecular weight is 270 g/mol. The Kier molecular flexibility index (Phi) is 4.62. The standard InChI is InChI=1S/C11H14N2O6/c1-5-7(6(2)19-13-5)3-9(14)12-8(11(17)18)4-10(15)16/h8H,3-4H2,1-2H3,(H,12,14)(H,15,16)(H,17,18)/t8-/m0/s1. The predicted molar refractivity (Wildman–Crippen MR) is 61.5 cm³/mol. The van der Waals surface area contributed by atoms with E-state index in [0.717, 1.165) is 0 Å². The molecule has 0 aliphatic heterocycles. The second kappa shape index (κ2) is 5.98. The summed E-state index contributed by atoms with van der Waals surface area (Å²) in [5.41, 5.74) is 1.11. The van der Waals surface area contributed by atoms with Gasteiger partial charge in [-0.2, -0.15) is 0 Å². The van der Waals surface area contributed by atoms with E-state index in [1.54, 1.807) is 13.8 Å². The smallest absolute Gasteiger partial charge is 0.326 e. The molecule has 8 heteroatoms. The summed E-state index contributed by atoms with van der Waals surface area (Å²) in [5.74, 6) is -2.82. The van der Waals surface area contributed by atoms with Crippen LogP contribution >= 0.6 is 0 Å². The van der Waals surface area contributed by atoms with Crippen molar-refractivity contribution in [2.75, 3.05) is 0 Å². The molecule has 1 atom stereocenters. The lowest BCUT2D eigenvalue weighted by Gasteiger charge is -2.12. The van der Waals surface area contributed by atoms with Gasteiger partial charge in [0.05, 0.1) is 18.5 Å². The normalized spacial score (nSPS) is 11.9. The van der Waals surface area contributed by atoms with Crippen LogP contribution in [0, 0.1) is 13.8 Å². The molecule has 1 aromatic rings. The molecular formula is C11H14N2O6. The van der Waals surface area contributed by atoms with Gasteiger partial charge in [0.15, 0.2) is 0 Å². The maximum Gasteiger partial charge on any atom is 0.326 e. The summed E-state index contributed by atoms with van der Waals surface area (Å²) in [6.45, 7) is 3.29. The number of rotatable bonds is 6. The lowest BCUT2D eigenvalue weighted by Crippen LogP contribution is -2.42. The van der Waals surface area contributed by atoms with Gasteiger partial charge in [0.2, 0.25) is 5.91 Å². The van der Waals surface area contributed by atoms with Gasteiger partial charge in [0.25, 0.3) is 0 Å². The number of aryl methyl sites for hydroxylation is 2. The van der Waals surface area contributed by atoms with Gasteiger partial charge in [-0.25, -0.2) is 4.79 Å². The summed E-state index contributed by atoms with van der Waals surface area (Å²) in [5, 5.41) is 23.2. The monoisotopic (exact) mass is 270 g/mol. The maximum absolute atomic E-state index is 11.7. The Morgan fingerprint density at radius 3 is 2.37 bits per heavy atom. The maximum atomic E-state index is 11.7. The molecule has 0 saturated heterocycles. The third kappa shape index (κ3) is 4.09. The van der Waals surface area contributed by atoms with E-state index >= 15 is 0 Å². The zero-order valence-electron chi connectivity index (χ0n) is 10.5. The molecule has 104 valence electrons. The van der Waals surface area contributed by atoms with E-state index in [-0.39, 0.29) is 6.42 Å². The zero-order valence-corrected chi connectivity index (χ0v) is 10.5. The summed E-state index contributed by atoms with van der Waals surface area (Å²) in [6.07, 6.45) is -0.784. The van der Waals surface area contributed by atoms with E-state index in [1.807, 2.05) is 0 Å².